The summed E-state index contributed by atoms with van der Waals surface area (Å²) in [6, 6.07) is 0. The van der Waals surface area contributed by atoms with E-state index in [0.29, 0.717) is 0 Å². The molecule has 0 aliphatic carbocycles. The third-order valence-corrected chi connectivity index (χ3v) is 8.49. The quantitative estimate of drug-likeness (QED) is 0.234. The Morgan fingerprint density at radius 2 is 1.16 bits per heavy atom. The van der Waals surface area contributed by atoms with E-state index in [0.717, 1.165) is 13.1 Å². The lowest BCUT2D eigenvalue weighted by atomic mass is 10.0. The minimum atomic E-state index is 1.07. The van der Waals surface area contributed by atoms with E-state index in [2.05, 4.69) is 39.8 Å². The summed E-state index contributed by atoms with van der Waals surface area (Å²) in [6.45, 7) is 4.61. The first kappa shape index (κ1) is 30.0. The fraction of sp³-hybridized carbons (Fsp3) is 0.771. The molecule has 0 N–H and O–H groups in total. The molecule has 0 aromatic rings. The van der Waals surface area contributed by atoms with Crippen LogP contribution in [0.2, 0.25) is 0 Å². The van der Waals surface area contributed by atoms with Gasteiger partial charge in [-0.25, -0.2) is 6.08 Å². The number of hydrogen-bond donors (Lipinski definition) is 0. The van der Waals surface area contributed by atoms with Crippen LogP contribution in [0.5, 0.6) is 0 Å². The molecule has 4 bridgehead atoms. The topological polar surface area (TPSA) is 6.25 Å². The fourth-order valence-electron chi connectivity index (χ4n) is 6.11. The second-order valence-electron chi connectivity index (χ2n) is 12.0. The molecule has 208 valence electrons. The van der Waals surface area contributed by atoms with E-state index < -0.39 is 0 Å². The minimum absolute atomic E-state index is 1.07. The first-order chi connectivity index (χ1) is 18.4. The van der Waals surface area contributed by atoms with Crippen LogP contribution in [0.3, 0.4) is 0 Å². The Balaban J connectivity index is 1.32. The zero-order valence-corrected chi connectivity index (χ0v) is 24.3. The zero-order valence-electron chi connectivity index (χ0n) is 24.3. The Labute approximate surface area is 230 Å². The first-order valence-corrected chi connectivity index (χ1v) is 16.5. The normalized spacial score (nSPS) is 23.8. The van der Waals surface area contributed by atoms with Crippen LogP contribution in [0.15, 0.2) is 35.6 Å². The summed E-state index contributed by atoms with van der Waals surface area (Å²) in [5.41, 5.74) is 3.06. The van der Waals surface area contributed by atoms with Crippen LogP contribution in [0.25, 0.3) is 0 Å². The van der Waals surface area contributed by atoms with Gasteiger partial charge in [0.2, 0.25) is 0 Å². The smallest absolute Gasteiger partial charge is 0.138 e. The predicted molar refractivity (Wildman–Crippen MR) is 161 cm³/mol. The van der Waals surface area contributed by atoms with Gasteiger partial charge in [-0.2, -0.15) is 0 Å². The Hall–Kier alpha value is -1.53. The molecule has 3 aliphatic rings. The molecule has 0 aromatic heterocycles. The van der Waals surface area contributed by atoms with Gasteiger partial charge >= 0.3 is 0 Å². The molecule has 0 atom stereocenters. The van der Waals surface area contributed by atoms with Crippen LogP contribution in [-0.2, 0) is 0 Å². The molecular formula is C35H58N2. The van der Waals surface area contributed by atoms with Gasteiger partial charge in [-0.05, 0) is 37.7 Å². The van der Waals surface area contributed by atoms with E-state index in [9.17, 15) is 0 Å². The summed E-state index contributed by atoms with van der Waals surface area (Å²) in [7, 11) is 0. The van der Waals surface area contributed by atoms with Crippen molar-refractivity contribution in [3.63, 3.8) is 0 Å². The molecule has 0 spiro atoms. The lowest BCUT2D eigenvalue weighted by molar-refractivity contribution is -0.514. The van der Waals surface area contributed by atoms with Crippen molar-refractivity contribution in [1.82, 2.24) is 4.90 Å². The fourth-order valence-corrected chi connectivity index (χ4v) is 6.11. The summed E-state index contributed by atoms with van der Waals surface area (Å²) in [5.74, 6) is 3.42. The van der Waals surface area contributed by atoms with Crippen LogP contribution in [0.1, 0.15) is 148 Å². The second kappa shape index (κ2) is 20.4. The van der Waals surface area contributed by atoms with Gasteiger partial charge in [0.1, 0.15) is 13.1 Å². The number of nitrogens with zero attached hydrogens (tertiary/aromatic N) is 2. The number of allylic oxidation sites excluding steroid dienone is 4. The highest BCUT2D eigenvalue weighted by atomic mass is 15.1. The minimum Gasteiger partial charge on any atom is -0.373 e. The maximum Gasteiger partial charge on any atom is 0.138 e. The molecule has 0 aromatic carbocycles. The summed E-state index contributed by atoms with van der Waals surface area (Å²) in [6.07, 6.45) is 44.8. The van der Waals surface area contributed by atoms with Gasteiger partial charge in [-0.3, -0.25) is 4.58 Å². The van der Waals surface area contributed by atoms with E-state index in [1.165, 1.54) is 166 Å². The van der Waals surface area contributed by atoms with Crippen molar-refractivity contribution in [1.29, 1.82) is 0 Å². The first-order valence-electron chi connectivity index (χ1n) is 16.5. The summed E-state index contributed by atoms with van der Waals surface area (Å²) in [5, 5.41) is 0. The predicted octanol–water partition coefficient (Wildman–Crippen LogP) is 9.71. The van der Waals surface area contributed by atoms with Gasteiger partial charge in [0.05, 0.1) is 0 Å². The van der Waals surface area contributed by atoms with Crippen molar-refractivity contribution < 1.29 is 4.58 Å². The largest absolute Gasteiger partial charge is 0.373 e. The molecule has 0 unspecified atom stereocenters. The highest BCUT2D eigenvalue weighted by Gasteiger charge is 2.07. The van der Waals surface area contributed by atoms with Gasteiger partial charge in [0.15, 0.2) is 0 Å². The average Bonchev–Trinajstić information content (AvgIpc) is 2.92. The molecule has 0 saturated carbocycles. The highest BCUT2D eigenvalue weighted by Crippen LogP contribution is 2.19. The molecule has 0 saturated heterocycles. The third-order valence-electron chi connectivity index (χ3n) is 8.49. The van der Waals surface area contributed by atoms with E-state index in [1.807, 2.05) is 6.08 Å². The number of fused-ring (bicyclic) bond motifs is 3. The van der Waals surface area contributed by atoms with Crippen LogP contribution < -0.4 is 0 Å². The van der Waals surface area contributed by atoms with Gasteiger partial charge in [0.25, 0.3) is 0 Å². The van der Waals surface area contributed by atoms with Crippen molar-refractivity contribution >= 4 is 5.87 Å². The van der Waals surface area contributed by atoms with Crippen molar-refractivity contribution in [2.24, 2.45) is 0 Å². The summed E-state index contributed by atoms with van der Waals surface area (Å²) < 4.78 is 2.41. The van der Waals surface area contributed by atoms with Gasteiger partial charge in [-0.15, -0.1) is 6.08 Å². The van der Waals surface area contributed by atoms with Crippen LogP contribution in [0, 0.1) is 6.08 Å². The van der Waals surface area contributed by atoms with Crippen molar-refractivity contribution in [3.8, 4) is 0 Å². The highest BCUT2D eigenvalue weighted by molar-refractivity contribution is 5.49. The van der Waals surface area contributed by atoms with Crippen molar-refractivity contribution in [2.75, 3.05) is 26.2 Å². The Bertz CT molecular complexity index is 749. The van der Waals surface area contributed by atoms with Crippen LogP contribution in [-0.4, -0.2) is 41.5 Å². The number of hydrogen-bond acceptors (Lipinski definition) is 1. The van der Waals surface area contributed by atoms with E-state index in [4.69, 9.17) is 0 Å². The van der Waals surface area contributed by atoms with Gasteiger partial charge in [0, 0.05) is 25.7 Å². The molecule has 0 radical (unpaired) electrons. The van der Waals surface area contributed by atoms with E-state index in [-0.39, 0.29) is 0 Å². The zero-order chi connectivity index (χ0) is 25.6. The second-order valence-corrected chi connectivity index (χ2v) is 12.0. The maximum absolute atomic E-state index is 3.48. The lowest BCUT2D eigenvalue weighted by Gasteiger charge is -2.23. The number of rotatable bonds is 0. The molecule has 0 amide bonds. The molecule has 2 heteroatoms. The van der Waals surface area contributed by atoms with Gasteiger partial charge in [-0.1, -0.05) is 133 Å². The lowest BCUT2D eigenvalue weighted by Crippen LogP contribution is -2.21. The SMILES string of the molecule is C1=C[C-]=C2CCCCCCCCCCCCCN3C=C(C=CC3)CCCCCCCCCCCC[N+]=1C2. The standard InChI is InChI=1S/C35H58N2/c1-2-6-10-14-18-24-34-26-22-31-37(32-34)29-21-17-13-9-5-3-7-11-15-19-25-35-27-23-30-36(33-35)28-20-16-12-8-4-1/h22-23,27,33H,1-21,24-25,28-30,32H2. The Morgan fingerprint density at radius 3 is 1.81 bits per heavy atom. The molecule has 2 nitrogen and oxygen atoms in total. The summed E-state index contributed by atoms with van der Waals surface area (Å²) >= 11 is 0. The molecule has 3 aliphatic heterocycles. The molecule has 0 fully saturated rings. The molecule has 37 heavy (non-hydrogen) atoms. The van der Waals surface area contributed by atoms with E-state index in [1.54, 1.807) is 5.57 Å². The van der Waals surface area contributed by atoms with E-state index >= 15 is 0 Å². The van der Waals surface area contributed by atoms with Crippen molar-refractivity contribution in [2.45, 2.75) is 148 Å². The average molecular weight is 507 g/mol. The Morgan fingerprint density at radius 1 is 0.622 bits per heavy atom. The molecular weight excluding hydrogens is 448 g/mol. The molecule has 3 heterocycles. The van der Waals surface area contributed by atoms with Crippen molar-refractivity contribution in [3.05, 3.63) is 41.7 Å². The Kier molecular flexibility index (Phi) is 16.6. The van der Waals surface area contributed by atoms with Crippen LogP contribution in [0.4, 0.5) is 0 Å². The third kappa shape index (κ3) is 14.8. The maximum atomic E-state index is 3.48. The van der Waals surface area contributed by atoms with Crippen LogP contribution >= 0.6 is 0 Å². The summed E-state index contributed by atoms with van der Waals surface area (Å²) in [4.78, 5) is 2.56. The van der Waals surface area contributed by atoms with Gasteiger partial charge < -0.3 is 4.90 Å². The monoisotopic (exact) mass is 506 g/mol. The molecule has 3 rings (SSSR count).